The van der Waals surface area contributed by atoms with Gasteiger partial charge < -0.3 is 14.2 Å². The fourth-order valence-electron chi connectivity index (χ4n) is 2.66. The van der Waals surface area contributed by atoms with Crippen LogP contribution in [-0.4, -0.2) is 26.0 Å². The number of rotatable bonds is 7. The van der Waals surface area contributed by atoms with Crippen molar-refractivity contribution in [3.63, 3.8) is 0 Å². The number of benzene rings is 3. The highest BCUT2D eigenvalue weighted by atomic mass is 35.5. The Labute approximate surface area is 179 Å². The lowest BCUT2D eigenvalue weighted by Gasteiger charge is -2.07. The number of carbonyl (C=O) groups is 2. The highest BCUT2D eigenvalue weighted by Gasteiger charge is 2.10. The molecule has 0 atom stereocenters. The SMILES string of the molecule is COc1ccc(/C=C\C(=O)c2ccc(OC(=O)c3ccc(Cl)cc3)cc2)c(OC)c1. The van der Waals surface area contributed by atoms with E-state index in [1.807, 2.05) is 0 Å². The fraction of sp³-hybridized carbons (Fsp3) is 0.0833. The third-order valence-corrected chi connectivity index (χ3v) is 4.54. The molecule has 0 radical (unpaired) electrons. The molecule has 0 N–H and O–H groups in total. The van der Waals surface area contributed by atoms with Crippen LogP contribution in [0.1, 0.15) is 26.3 Å². The van der Waals surface area contributed by atoms with Crippen molar-refractivity contribution in [3.8, 4) is 17.2 Å². The summed E-state index contributed by atoms with van der Waals surface area (Å²) < 4.78 is 15.8. The normalized spacial score (nSPS) is 10.6. The van der Waals surface area contributed by atoms with E-state index in [9.17, 15) is 9.59 Å². The van der Waals surface area contributed by atoms with Gasteiger partial charge in [0.25, 0.3) is 0 Å². The summed E-state index contributed by atoms with van der Waals surface area (Å²) in [6.07, 6.45) is 3.13. The van der Waals surface area contributed by atoms with Gasteiger partial charge in [-0.1, -0.05) is 11.6 Å². The molecule has 0 spiro atoms. The molecule has 0 fully saturated rings. The lowest BCUT2D eigenvalue weighted by atomic mass is 10.1. The van der Waals surface area contributed by atoms with Crippen LogP contribution in [0.5, 0.6) is 17.2 Å². The van der Waals surface area contributed by atoms with Crippen LogP contribution >= 0.6 is 11.6 Å². The highest BCUT2D eigenvalue weighted by molar-refractivity contribution is 6.30. The number of carbonyl (C=O) groups excluding carboxylic acids is 2. The second-order valence-corrected chi connectivity index (χ2v) is 6.66. The summed E-state index contributed by atoms with van der Waals surface area (Å²) in [4.78, 5) is 24.6. The zero-order valence-corrected chi connectivity index (χ0v) is 17.2. The van der Waals surface area contributed by atoms with E-state index in [1.165, 1.54) is 6.08 Å². The van der Waals surface area contributed by atoms with E-state index in [1.54, 1.807) is 87.0 Å². The van der Waals surface area contributed by atoms with Crippen LogP contribution in [0, 0.1) is 0 Å². The summed E-state index contributed by atoms with van der Waals surface area (Å²) in [6.45, 7) is 0. The molecule has 3 aromatic carbocycles. The Morgan fingerprint density at radius 2 is 1.43 bits per heavy atom. The highest BCUT2D eigenvalue weighted by Crippen LogP contribution is 2.26. The molecule has 0 aliphatic heterocycles. The molecule has 5 nitrogen and oxygen atoms in total. The van der Waals surface area contributed by atoms with Crippen LogP contribution in [0.3, 0.4) is 0 Å². The van der Waals surface area contributed by atoms with Gasteiger partial charge in [0.2, 0.25) is 0 Å². The van der Waals surface area contributed by atoms with Gasteiger partial charge in [0.15, 0.2) is 5.78 Å². The fourth-order valence-corrected chi connectivity index (χ4v) is 2.78. The van der Waals surface area contributed by atoms with Crippen molar-refractivity contribution in [2.45, 2.75) is 0 Å². The Bertz CT molecular complexity index is 1070. The van der Waals surface area contributed by atoms with E-state index >= 15 is 0 Å². The third kappa shape index (κ3) is 5.27. The summed E-state index contributed by atoms with van der Waals surface area (Å²) in [5.74, 6) is 0.912. The number of ketones is 1. The van der Waals surface area contributed by atoms with E-state index in [0.717, 1.165) is 5.56 Å². The Kier molecular flexibility index (Phi) is 6.88. The van der Waals surface area contributed by atoms with Gasteiger partial charge in [-0.25, -0.2) is 4.79 Å². The molecule has 0 saturated carbocycles. The average Bonchev–Trinajstić information content (AvgIpc) is 2.78. The second-order valence-electron chi connectivity index (χ2n) is 6.23. The maximum atomic E-state index is 12.5. The van der Waals surface area contributed by atoms with Crippen LogP contribution in [0.4, 0.5) is 0 Å². The minimum atomic E-state index is -0.503. The van der Waals surface area contributed by atoms with E-state index in [0.29, 0.717) is 33.4 Å². The van der Waals surface area contributed by atoms with Gasteiger partial charge in [0.1, 0.15) is 17.2 Å². The van der Waals surface area contributed by atoms with Gasteiger partial charge >= 0.3 is 5.97 Å². The van der Waals surface area contributed by atoms with Crippen molar-refractivity contribution in [2.24, 2.45) is 0 Å². The average molecular weight is 423 g/mol. The smallest absolute Gasteiger partial charge is 0.343 e. The number of methoxy groups -OCH3 is 2. The number of halogens is 1. The minimum Gasteiger partial charge on any atom is -0.497 e. The molecular formula is C24H19ClO5. The lowest BCUT2D eigenvalue weighted by Crippen LogP contribution is -2.08. The predicted molar refractivity (Wildman–Crippen MR) is 116 cm³/mol. The van der Waals surface area contributed by atoms with Crippen LogP contribution < -0.4 is 14.2 Å². The van der Waals surface area contributed by atoms with E-state index in [-0.39, 0.29) is 5.78 Å². The van der Waals surface area contributed by atoms with Gasteiger partial charge in [-0.3, -0.25) is 4.79 Å². The topological polar surface area (TPSA) is 61.8 Å². The molecule has 0 aliphatic rings. The number of allylic oxidation sites excluding steroid dienone is 1. The monoisotopic (exact) mass is 422 g/mol. The summed E-state index contributed by atoms with van der Waals surface area (Å²) in [6, 6.07) is 18.1. The van der Waals surface area contributed by atoms with E-state index < -0.39 is 5.97 Å². The molecule has 6 heteroatoms. The maximum Gasteiger partial charge on any atom is 0.343 e. The van der Waals surface area contributed by atoms with Crippen molar-refractivity contribution >= 4 is 29.4 Å². The van der Waals surface area contributed by atoms with Crippen molar-refractivity contribution in [1.29, 1.82) is 0 Å². The molecule has 0 unspecified atom stereocenters. The molecular weight excluding hydrogens is 404 g/mol. The largest absolute Gasteiger partial charge is 0.497 e. The minimum absolute atomic E-state index is 0.191. The Morgan fingerprint density at radius 3 is 2.07 bits per heavy atom. The molecule has 0 heterocycles. The molecule has 3 aromatic rings. The van der Waals surface area contributed by atoms with Crippen molar-refractivity contribution in [1.82, 2.24) is 0 Å². The van der Waals surface area contributed by atoms with Gasteiger partial charge in [0.05, 0.1) is 19.8 Å². The first-order valence-electron chi connectivity index (χ1n) is 9.02. The molecule has 0 saturated heterocycles. The quantitative estimate of drug-likeness (QED) is 0.218. The number of hydrogen-bond acceptors (Lipinski definition) is 5. The first-order chi connectivity index (χ1) is 14.5. The molecule has 0 amide bonds. The van der Waals surface area contributed by atoms with E-state index in [4.69, 9.17) is 25.8 Å². The third-order valence-electron chi connectivity index (χ3n) is 4.28. The van der Waals surface area contributed by atoms with Crippen LogP contribution in [-0.2, 0) is 0 Å². The maximum absolute atomic E-state index is 12.5. The standard InChI is InChI=1S/C24H19ClO5/c1-28-21-13-7-17(23(15-21)29-2)8-14-22(26)16-5-11-20(12-6-16)30-24(27)18-3-9-19(25)10-4-18/h3-15H,1-2H3/b14-8-. The summed E-state index contributed by atoms with van der Waals surface area (Å²) in [5, 5.41) is 0.537. The zero-order valence-electron chi connectivity index (χ0n) is 16.4. The van der Waals surface area contributed by atoms with Crippen molar-refractivity contribution < 1.29 is 23.8 Å². The predicted octanol–water partition coefficient (Wildman–Crippen LogP) is 5.47. The van der Waals surface area contributed by atoms with Crippen LogP contribution in [0.15, 0.2) is 72.8 Å². The molecule has 0 bridgehead atoms. The summed E-state index contributed by atoms with van der Waals surface area (Å²) >= 11 is 5.82. The van der Waals surface area contributed by atoms with Gasteiger partial charge in [-0.2, -0.15) is 0 Å². The van der Waals surface area contributed by atoms with E-state index in [2.05, 4.69) is 0 Å². The summed E-state index contributed by atoms with van der Waals surface area (Å²) in [5.41, 5.74) is 1.60. The van der Waals surface area contributed by atoms with Crippen LogP contribution in [0.25, 0.3) is 6.08 Å². The Balaban J connectivity index is 1.67. The molecule has 152 valence electrons. The first kappa shape index (κ1) is 21.1. The van der Waals surface area contributed by atoms with Crippen LogP contribution in [0.2, 0.25) is 5.02 Å². The number of esters is 1. The van der Waals surface area contributed by atoms with Gasteiger partial charge in [0, 0.05) is 22.2 Å². The Hall–Kier alpha value is -3.57. The van der Waals surface area contributed by atoms with Gasteiger partial charge in [-0.15, -0.1) is 0 Å². The molecule has 0 aliphatic carbocycles. The number of hydrogen-bond donors (Lipinski definition) is 0. The Morgan fingerprint density at radius 1 is 0.800 bits per heavy atom. The lowest BCUT2D eigenvalue weighted by molar-refractivity contribution is 0.0734. The molecule has 0 aromatic heterocycles. The molecule has 3 rings (SSSR count). The van der Waals surface area contributed by atoms with Gasteiger partial charge in [-0.05, 0) is 72.8 Å². The summed E-state index contributed by atoms with van der Waals surface area (Å²) in [7, 11) is 3.13. The van der Waals surface area contributed by atoms with Crippen molar-refractivity contribution in [3.05, 3.63) is 94.5 Å². The zero-order chi connectivity index (χ0) is 21.5. The second kappa shape index (κ2) is 9.76. The first-order valence-corrected chi connectivity index (χ1v) is 9.40. The van der Waals surface area contributed by atoms with Crippen molar-refractivity contribution in [2.75, 3.05) is 14.2 Å². The number of ether oxygens (including phenoxy) is 3. The molecule has 30 heavy (non-hydrogen) atoms.